The van der Waals surface area contributed by atoms with E-state index in [0.717, 1.165) is 35.2 Å². The number of nitrogens with two attached hydrogens (primary N) is 1. The molecule has 0 aliphatic heterocycles. The SMILES string of the molecule is CCCc1nc2c(N)nc3cccnc3c2n1CCCC(=O)NCCOCC. The lowest BCUT2D eigenvalue weighted by Crippen LogP contribution is -2.27. The van der Waals surface area contributed by atoms with Crippen molar-refractivity contribution in [3.8, 4) is 0 Å². The molecular weight excluding hydrogens is 356 g/mol. The van der Waals surface area contributed by atoms with Crippen LogP contribution in [0.25, 0.3) is 22.1 Å². The third-order valence-electron chi connectivity index (χ3n) is 4.57. The van der Waals surface area contributed by atoms with Crippen LogP contribution in [-0.2, 0) is 22.5 Å². The minimum absolute atomic E-state index is 0.0327. The van der Waals surface area contributed by atoms with Crippen molar-refractivity contribution in [1.82, 2.24) is 24.8 Å². The molecule has 1 amide bonds. The lowest BCUT2D eigenvalue weighted by Gasteiger charge is -2.10. The van der Waals surface area contributed by atoms with Crippen molar-refractivity contribution in [2.75, 3.05) is 25.5 Å². The maximum Gasteiger partial charge on any atom is 0.220 e. The second-order valence-electron chi connectivity index (χ2n) is 6.65. The highest BCUT2D eigenvalue weighted by Crippen LogP contribution is 2.28. The molecule has 0 saturated carbocycles. The maximum absolute atomic E-state index is 12.0. The van der Waals surface area contributed by atoms with Crippen LogP contribution in [0.3, 0.4) is 0 Å². The normalized spacial score (nSPS) is 11.4. The van der Waals surface area contributed by atoms with Crippen molar-refractivity contribution < 1.29 is 9.53 Å². The number of hydrogen-bond acceptors (Lipinski definition) is 6. The summed E-state index contributed by atoms with van der Waals surface area (Å²) in [7, 11) is 0. The zero-order valence-electron chi connectivity index (χ0n) is 16.6. The van der Waals surface area contributed by atoms with Gasteiger partial charge in [-0.1, -0.05) is 6.92 Å². The summed E-state index contributed by atoms with van der Waals surface area (Å²) in [4.78, 5) is 25.7. The summed E-state index contributed by atoms with van der Waals surface area (Å²) in [6.07, 6.45) is 4.72. The highest BCUT2D eigenvalue weighted by molar-refractivity contribution is 6.04. The van der Waals surface area contributed by atoms with E-state index >= 15 is 0 Å². The molecule has 3 aromatic rings. The number of amides is 1. The molecule has 0 saturated heterocycles. The minimum Gasteiger partial charge on any atom is -0.382 e. The average molecular weight is 384 g/mol. The fourth-order valence-electron chi connectivity index (χ4n) is 3.32. The van der Waals surface area contributed by atoms with Crippen molar-refractivity contribution in [2.24, 2.45) is 0 Å². The molecule has 150 valence electrons. The number of hydrogen-bond donors (Lipinski definition) is 2. The lowest BCUT2D eigenvalue weighted by molar-refractivity contribution is -0.121. The average Bonchev–Trinajstić information content (AvgIpc) is 3.05. The van der Waals surface area contributed by atoms with Crippen LogP contribution in [0.2, 0.25) is 0 Å². The van der Waals surface area contributed by atoms with Gasteiger partial charge in [-0.15, -0.1) is 0 Å². The molecule has 0 aliphatic rings. The van der Waals surface area contributed by atoms with Crippen molar-refractivity contribution >= 4 is 33.8 Å². The van der Waals surface area contributed by atoms with E-state index in [1.807, 2.05) is 19.1 Å². The lowest BCUT2D eigenvalue weighted by atomic mass is 10.2. The molecule has 28 heavy (non-hydrogen) atoms. The molecule has 0 atom stereocenters. The zero-order chi connectivity index (χ0) is 19.9. The molecule has 8 heteroatoms. The van der Waals surface area contributed by atoms with Crippen molar-refractivity contribution in [1.29, 1.82) is 0 Å². The van der Waals surface area contributed by atoms with Crippen LogP contribution in [0.15, 0.2) is 18.3 Å². The highest BCUT2D eigenvalue weighted by Gasteiger charge is 2.17. The number of rotatable bonds is 10. The monoisotopic (exact) mass is 384 g/mol. The van der Waals surface area contributed by atoms with Crippen LogP contribution in [0.1, 0.15) is 38.9 Å². The number of carbonyl (C=O) groups is 1. The third-order valence-corrected chi connectivity index (χ3v) is 4.57. The molecular formula is C20H28N6O2. The van der Waals surface area contributed by atoms with E-state index in [1.165, 1.54) is 0 Å². The summed E-state index contributed by atoms with van der Waals surface area (Å²) in [5.74, 6) is 1.41. The predicted octanol–water partition coefficient (Wildman–Crippen LogP) is 2.45. The molecule has 0 bridgehead atoms. The second kappa shape index (κ2) is 9.45. The maximum atomic E-state index is 12.0. The molecule has 0 radical (unpaired) electrons. The number of nitrogens with one attached hydrogen (secondary N) is 1. The fourth-order valence-corrected chi connectivity index (χ4v) is 3.32. The minimum atomic E-state index is 0.0327. The second-order valence-corrected chi connectivity index (χ2v) is 6.65. The Hall–Kier alpha value is -2.74. The van der Waals surface area contributed by atoms with Crippen molar-refractivity contribution in [3.63, 3.8) is 0 Å². The van der Waals surface area contributed by atoms with Crippen molar-refractivity contribution in [2.45, 2.75) is 46.1 Å². The van der Waals surface area contributed by atoms with Crippen LogP contribution in [0.4, 0.5) is 5.82 Å². The molecule has 0 aliphatic carbocycles. The number of aryl methyl sites for hydroxylation is 2. The third kappa shape index (κ3) is 4.39. The van der Waals surface area contributed by atoms with E-state index in [2.05, 4.69) is 26.8 Å². The van der Waals surface area contributed by atoms with Gasteiger partial charge in [0.15, 0.2) is 5.82 Å². The van der Waals surface area contributed by atoms with Crippen LogP contribution >= 0.6 is 0 Å². The molecule has 0 unspecified atom stereocenters. The Labute approximate surface area is 164 Å². The van der Waals surface area contributed by atoms with Crippen LogP contribution < -0.4 is 11.1 Å². The Morgan fingerprint density at radius 2 is 2.14 bits per heavy atom. The number of anilines is 1. The van der Waals surface area contributed by atoms with Crippen LogP contribution in [-0.4, -0.2) is 45.2 Å². The van der Waals surface area contributed by atoms with Gasteiger partial charge in [0.2, 0.25) is 5.91 Å². The van der Waals surface area contributed by atoms with E-state index < -0.39 is 0 Å². The Morgan fingerprint density at radius 1 is 1.29 bits per heavy atom. The van der Waals surface area contributed by atoms with E-state index in [4.69, 9.17) is 15.5 Å². The molecule has 3 heterocycles. The van der Waals surface area contributed by atoms with Gasteiger partial charge < -0.3 is 20.4 Å². The summed E-state index contributed by atoms with van der Waals surface area (Å²) in [6, 6.07) is 3.75. The van der Waals surface area contributed by atoms with Gasteiger partial charge in [-0.05, 0) is 31.9 Å². The summed E-state index contributed by atoms with van der Waals surface area (Å²) in [6.45, 7) is 6.47. The molecule has 3 N–H and O–H groups in total. The first kappa shape index (κ1) is 20.0. The smallest absolute Gasteiger partial charge is 0.220 e. The van der Waals surface area contributed by atoms with E-state index in [0.29, 0.717) is 50.5 Å². The zero-order valence-corrected chi connectivity index (χ0v) is 16.6. The van der Waals surface area contributed by atoms with Gasteiger partial charge in [0.05, 0.1) is 12.1 Å². The number of nitrogen functional groups attached to an aromatic ring is 1. The molecule has 0 aromatic carbocycles. The highest BCUT2D eigenvalue weighted by atomic mass is 16.5. The first-order valence-corrected chi connectivity index (χ1v) is 9.89. The fraction of sp³-hybridized carbons (Fsp3) is 0.500. The van der Waals surface area contributed by atoms with Gasteiger partial charge in [0.25, 0.3) is 0 Å². The molecule has 3 aromatic heterocycles. The quantitative estimate of drug-likeness (QED) is 0.520. The van der Waals surface area contributed by atoms with Gasteiger partial charge in [0, 0.05) is 38.7 Å². The summed E-state index contributed by atoms with van der Waals surface area (Å²) < 4.78 is 7.39. The summed E-state index contributed by atoms with van der Waals surface area (Å²) in [5, 5.41) is 2.88. The predicted molar refractivity (Wildman–Crippen MR) is 110 cm³/mol. The Morgan fingerprint density at radius 3 is 2.93 bits per heavy atom. The number of pyridine rings is 2. The molecule has 8 nitrogen and oxygen atoms in total. The topological polar surface area (TPSA) is 108 Å². The first-order chi connectivity index (χ1) is 13.7. The van der Waals surface area contributed by atoms with E-state index in [9.17, 15) is 4.79 Å². The number of ether oxygens (including phenoxy) is 1. The molecule has 0 fully saturated rings. The van der Waals surface area contributed by atoms with Gasteiger partial charge in [-0.2, -0.15) is 0 Å². The standard InChI is InChI=1S/C20H28N6O2/c1-3-7-15-25-18-19(17-14(24-20(18)21)8-5-10-23-17)26(15)12-6-9-16(27)22-11-13-28-4-2/h5,8,10H,3-4,6-7,9,11-13H2,1-2H3,(H2,21,24)(H,22,27). The Balaban J connectivity index is 1.81. The number of fused-ring (bicyclic) bond motifs is 3. The molecule has 0 spiro atoms. The number of nitrogens with zero attached hydrogens (tertiary/aromatic N) is 4. The number of aromatic nitrogens is 4. The number of imidazole rings is 1. The van der Waals surface area contributed by atoms with E-state index in [1.54, 1.807) is 6.20 Å². The van der Waals surface area contributed by atoms with Gasteiger partial charge in [-0.3, -0.25) is 9.78 Å². The van der Waals surface area contributed by atoms with Gasteiger partial charge >= 0.3 is 0 Å². The van der Waals surface area contributed by atoms with Crippen molar-refractivity contribution in [3.05, 3.63) is 24.2 Å². The summed E-state index contributed by atoms with van der Waals surface area (Å²) in [5.41, 5.74) is 9.31. The van der Waals surface area contributed by atoms with Gasteiger partial charge in [-0.25, -0.2) is 9.97 Å². The first-order valence-electron chi connectivity index (χ1n) is 9.89. The Kier molecular flexibility index (Phi) is 6.76. The van der Waals surface area contributed by atoms with Crippen LogP contribution in [0.5, 0.6) is 0 Å². The number of carbonyl (C=O) groups excluding carboxylic acids is 1. The largest absolute Gasteiger partial charge is 0.382 e. The Bertz CT molecular complexity index is 953. The van der Waals surface area contributed by atoms with E-state index in [-0.39, 0.29) is 5.91 Å². The summed E-state index contributed by atoms with van der Waals surface area (Å²) >= 11 is 0. The molecule has 3 rings (SSSR count). The van der Waals surface area contributed by atoms with Crippen LogP contribution in [0, 0.1) is 0 Å². The van der Waals surface area contributed by atoms with Gasteiger partial charge in [0.1, 0.15) is 22.4 Å².